The van der Waals surface area contributed by atoms with Gasteiger partial charge in [-0.25, -0.2) is 10.2 Å². The van der Waals surface area contributed by atoms with Crippen molar-refractivity contribution in [3.63, 3.8) is 0 Å². The summed E-state index contributed by atoms with van der Waals surface area (Å²) in [5.74, 6) is 1.04. The first-order valence-electron chi connectivity index (χ1n) is 8.17. The fraction of sp³-hybridized carbons (Fsp3) is 0.294. The van der Waals surface area contributed by atoms with Gasteiger partial charge < -0.3 is 9.30 Å². The second-order valence-corrected chi connectivity index (χ2v) is 6.73. The molecule has 10 heteroatoms. The zero-order valence-electron chi connectivity index (χ0n) is 15.4. The molecular weight excluding hydrogens is 416 g/mol. The first kappa shape index (κ1) is 18.9. The van der Waals surface area contributed by atoms with Gasteiger partial charge in [-0.05, 0) is 25.1 Å². The summed E-state index contributed by atoms with van der Waals surface area (Å²) in [5.41, 5.74) is 3.45. The van der Waals surface area contributed by atoms with Gasteiger partial charge >= 0.3 is 5.69 Å². The van der Waals surface area contributed by atoms with Crippen LogP contribution in [-0.4, -0.2) is 32.0 Å². The predicted octanol–water partition coefficient (Wildman–Crippen LogP) is 1.67. The van der Waals surface area contributed by atoms with E-state index < -0.39 is 11.2 Å². The number of ether oxygens (including phenoxy) is 1. The van der Waals surface area contributed by atoms with Gasteiger partial charge in [0.05, 0.1) is 13.3 Å². The van der Waals surface area contributed by atoms with Crippen LogP contribution < -0.4 is 21.4 Å². The summed E-state index contributed by atoms with van der Waals surface area (Å²) in [7, 11) is 4.61. The Hall–Kier alpha value is -2.88. The first-order chi connectivity index (χ1) is 12.9. The number of aromatic nitrogens is 4. The number of aryl methyl sites for hydroxylation is 2. The smallest absolute Gasteiger partial charge is 0.332 e. The van der Waals surface area contributed by atoms with Gasteiger partial charge in [-0.2, -0.15) is 10.1 Å². The van der Waals surface area contributed by atoms with Crippen molar-refractivity contribution in [2.24, 2.45) is 19.2 Å². The Bertz CT molecular complexity index is 1160. The lowest BCUT2D eigenvalue weighted by Gasteiger charge is -2.06. The van der Waals surface area contributed by atoms with E-state index >= 15 is 0 Å². The van der Waals surface area contributed by atoms with Gasteiger partial charge in [-0.15, -0.1) is 0 Å². The SMILES string of the molecule is CCn1c(N/N=C/c2cc(Br)ccc2OC)nc2c1c(=O)n(C)c(=O)n2C. The fourth-order valence-corrected chi connectivity index (χ4v) is 3.18. The molecule has 0 radical (unpaired) electrons. The standard InChI is InChI=1S/C17H19BrN6O3/c1-5-24-13-14(22(2)17(26)23(3)15(13)25)20-16(24)21-19-9-10-8-11(18)6-7-12(10)27-4/h6-9H,5H2,1-4H3,(H,20,21)/b19-9+. The van der Waals surface area contributed by atoms with E-state index in [1.54, 1.807) is 24.9 Å². The molecule has 2 heterocycles. The number of nitrogens with one attached hydrogen (secondary N) is 1. The number of benzene rings is 1. The van der Waals surface area contributed by atoms with E-state index in [1.165, 1.54) is 11.6 Å². The van der Waals surface area contributed by atoms with Crippen LogP contribution in [0.5, 0.6) is 5.75 Å². The third kappa shape index (κ3) is 3.27. The molecule has 0 aliphatic rings. The minimum atomic E-state index is -0.429. The van der Waals surface area contributed by atoms with E-state index in [0.29, 0.717) is 29.4 Å². The van der Waals surface area contributed by atoms with Crippen LogP contribution in [0.15, 0.2) is 37.4 Å². The molecule has 0 unspecified atom stereocenters. The monoisotopic (exact) mass is 434 g/mol. The van der Waals surface area contributed by atoms with E-state index in [4.69, 9.17) is 4.74 Å². The molecule has 3 rings (SSSR count). The number of fused-ring (bicyclic) bond motifs is 1. The fourth-order valence-electron chi connectivity index (χ4n) is 2.81. The Labute approximate surface area is 163 Å². The van der Waals surface area contributed by atoms with Gasteiger partial charge in [-0.1, -0.05) is 15.9 Å². The number of hydrazone groups is 1. The molecule has 0 spiro atoms. The number of imidazole rings is 1. The maximum absolute atomic E-state index is 12.5. The summed E-state index contributed by atoms with van der Waals surface area (Å²) in [6, 6.07) is 5.56. The molecule has 9 nitrogen and oxygen atoms in total. The van der Waals surface area contributed by atoms with Gasteiger partial charge in [-0.3, -0.25) is 13.9 Å². The quantitative estimate of drug-likeness (QED) is 0.486. The molecule has 142 valence electrons. The van der Waals surface area contributed by atoms with E-state index in [2.05, 4.69) is 31.4 Å². The molecule has 2 aromatic heterocycles. The van der Waals surface area contributed by atoms with Crippen LogP contribution in [0.3, 0.4) is 0 Å². The van der Waals surface area contributed by atoms with Crippen molar-refractivity contribution in [1.29, 1.82) is 0 Å². The minimum Gasteiger partial charge on any atom is -0.496 e. The normalized spacial score (nSPS) is 11.4. The average molecular weight is 435 g/mol. The predicted molar refractivity (Wildman–Crippen MR) is 108 cm³/mol. The van der Waals surface area contributed by atoms with Crippen LogP contribution in [0.2, 0.25) is 0 Å². The van der Waals surface area contributed by atoms with Crippen molar-refractivity contribution in [1.82, 2.24) is 18.7 Å². The summed E-state index contributed by atoms with van der Waals surface area (Å²) in [6.45, 7) is 2.37. The van der Waals surface area contributed by atoms with Crippen LogP contribution in [0, 0.1) is 0 Å². The highest BCUT2D eigenvalue weighted by molar-refractivity contribution is 9.10. The van der Waals surface area contributed by atoms with E-state index in [0.717, 1.165) is 14.6 Å². The molecule has 1 N–H and O–H groups in total. The number of halogens is 1. The van der Waals surface area contributed by atoms with Crippen LogP contribution in [0.25, 0.3) is 11.2 Å². The molecule has 0 aliphatic carbocycles. The Morgan fingerprint density at radius 1 is 1.30 bits per heavy atom. The summed E-state index contributed by atoms with van der Waals surface area (Å²) >= 11 is 3.41. The number of hydrogen-bond donors (Lipinski definition) is 1. The number of nitrogens with zero attached hydrogens (tertiary/aromatic N) is 5. The third-order valence-corrected chi connectivity index (χ3v) is 4.72. The van der Waals surface area contributed by atoms with E-state index in [1.807, 2.05) is 25.1 Å². The van der Waals surface area contributed by atoms with Crippen molar-refractivity contribution >= 4 is 39.3 Å². The summed E-state index contributed by atoms with van der Waals surface area (Å²) in [4.78, 5) is 29.0. The number of rotatable bonds is 5. The first-order valence-corrected chi connectivity index (χ1v) is 8.97. The molecular formula is C17H19BrN6O3. The van der Waals surface area contributed by atoms with Crippen molar-refractivity contribution in [2.45, 2.75) is 13.5 Å². The highest BCUT2D eigenvalue weighted by Crippen LogP contribution is 2.21. The maximum Gasteiger partial charge on any atom is 0.332 e. The Kier molecular flexibility index (Phi) is 5.17. The Balaban J connectivity index is 2.05. The van der Waals surface area contributed by atoms with Crippen LogP contribution in [0.1, 0.15) is 12.5 Å². The molecule has 0 amide bonds. The lowest BCUT2D eigenvalue weighted by atomic mass is 10.2. The van der Waals surface area contributed by atoms with Gasteiger partial charge in [0.1, 0.15) is 5.75 Å². The minimum absolute atomic E-state index is 0.308. The molecule has 0 atom stereocenters. The second kappa shape index (κ2) is 7.39. The van der Waals surface area contributed by atoms with Crippen LogP contribution >= 0.6 is 15.9 Å². The lowest BCUT2D eigenvalue weighted by molar-refractivity contribution is 0.414. The van der Waals surface area contributed by atoms with Gasteiger partial charge in [0.2, 0.25) is 5.95 Å². The van der Waals surface area contributed by atoms with Crippen molar-refractivity contribution in [3.8, 4) is 5.75 Å². The molecule has 0 bridgehead atoms. The van der Waals surface area contributed by atoms with Crippen molar-refractivity contribution in [3.05, 3.63) is 49.1 Å². The number of hydrogen-bond acceptors (Lipinski definition) is 6. The lowest BCUT2D eigenvalue weighted by Crippen LogP contribution is -2.37. The van der Waals surface area contributed by atoms with Gasteiger partial charge in [0.15, 0.2) is 11.2 Å². The molecule has 0 saturated carbocycles. The zero-order chi connectivity index (χ0) is 19.7. The van der Waals surface area contributed by atoms with Crippen molar-refractivity contribution < 1.29 is 4.74 Å². The molecule has 0 fully saturated rings. The summed E-state index contributed by atoms with van der Waals surface area (Å²) in [5, 5.41) is 4.21. The Morgan fingerprint density at radius 3 is 2.70 bits per heavy atom. The molecule has 3 aromatic rings. The van der Waals surface area contributed by atoms with Crippen molar-refractivity contribution in [2.75, 3.05) is 12.5 Å². The summed E-state index contributed by atoms with van der Waals surface area (Å²) < 4.78 is 10.3. The van der Waals surface area contributed by atoms with Crippen LogP contribution in [0.4, 0.5) is 5.95 Å². The topological polar surface area (TPSA) is 95.4 Å². The molecule has 27 heavy (non-hydrogen) atoms. The molecule has 1 aromatic carbocycles. The average Bonchev–Trinajstić information content (AvgIpc) is 3.03. The highest BCUT2D eigenvalue weighted by atomic mass is 79.9. The second-order valence-electron chi connectivity index (χ2n) is 5.81. The largest absolute Gasteiger partial charge is 0.496 e. The molecule has 0 saturated heterocycles. The van der Waals surface area contributed by atoms with Gasteiger partial charge in [0, 0.05) is 30.7 Å². The highest BCUT2D eigenvalue weighted by Gasteiger charge is 2.17. The summed E-state index contributed by atoms with van der Waals surface area (Å²) in [6.07, 6.45) is 1.60. The Morgan fingerprint density at radius 2 is 2.04 bits per heavy atom. The van der Waals surface area contributed by atoms with E-state index in [-0.39, 0.29) is 0 Å². The van der Waals surface area contributed by atoms with Crippen LogP contribution in [-0.2, 0) is 20.6 Å². The van der Waals surface area contributed by atoms with Gasteiger partial charge in [0.25, 0.3) is 5.56 Å². The zero-order valence-corrected chi connectivity index (χ0v) is 16.9. The van der Waals surface area contributed by atoms with E-state index in [9.17, 15) is 9.59 Å². The number of methoxy groups -OCH3 is 1. The maximum atomic E-state index is 12.5. The molecule has 0 aliphatic heterocycles. The third-order valence-electron chi connectivity index (χ3n) is 4.22. The number of anilines is 1.